The number of carbonyl (C=O) groups is 2. The Hall–Kier alpha value is -2.28. The summed E-state index contributed by atoms with van der Waals surface area (Å²) in [6.45, 7) is 0.241. The number of amides is 2. The molecule has 7 nitrogen and oxygen atoms in total. The first kappa shape index (κ1) is 16.1. The van der Waals surface area contributed by atoms with Crippen LogP contribution in [0.1, 0.15) is 23.2 Å². The Bertz CT molecular complexity index is 573. The molecule has 0 saturated carbocycles. The summed E-state index contributed by atoms with van der Waals surface area (Å²) >= 11 is 0. The standard InChI is InChI=1S/C15H20N2O5/c1-17(2)15(21)12-7-6-9(22-12)8-16-14(20)10-4-3-5-11(18)13(10)19/h3-5,9,12,18-19H,6-8H2,1-2H3,(H,16,20)/t9-,12+/m1/s1. The number of para-hydroxylation sites is 1. The lowest BCUT2D eigenvalue weighted by Gasteiger charge is -2.17. The fourth-order valence-corrected chi connectivity index (χ4v) is 2.34. The number of hydrogen-bond donors (Lipinski definition) is 3. The van der Waals surface area contributed by atoms with Gasteiger partial charge in [0, 0.05) is 20.6 Å². The van der Waals surface area contributed by atoms with E-state index < -0.39 is 17.8 Å². The number of phenols is 2. The quantitative estimate of drug-likeness (QED) is 0.702. The summed E-state index contributed by atoms with van der Waals surface area (Å²) in [6.07, 6.45) is 0.592. The van der Waals surface area contributed by atoms with Crippen molar-refractivity contribution in [2.75, 3.05) is 20.6 Å². The third-order valence-corrected chi connectivity index (χ3v) is 3.57. The molecule has 1 aliphatic heterocycles. The minimum atomic E-state index is -0.501. The molecule has 0 unspecified atom stereocenters. The van der Waals surface area contributed by atoms with Gasteiger partial charge in [0.05, 0.1) is 11.7 Å². The van der Waals surface area contributed by atoms with Gasteiger partial charge in [0.25, 0.3) is 11.8 Å². The maximum Gasteiger partial charge on any atom is 0.255 e. The van der Waals surface area contributed by atoms with Crippen LogP contribution in [0.3, 0.4) is 0 Å². The van der Waals surface area contributed by atoms with E-state index in [9.17, 15) is 19.8 Å². The molecule has 0 bridgehead atoms. The van der Waals surface area contributed by atoms with E-state index in [-0.39, 0.29) is 29.9 Å². The second-order valence-electron chi connectivity index (χ2n) is 5.44. The first-order chi connectivity index (χ1) is 10.4. The number of aromatic hydroxyl groups is 2. The van der Waals surface area contributed by atoms with E-state index in [0.717, 1.165) is 0 Å². The molecule has 1 aromatic rings. The number of benzene rings is 1. The molecule has 1 aliphatic rings. The molecule has 1 saturated heterocycles. The maximum atomic E-state index is 12.0. The molecule has 120 valence electrons. The molecule has 2 atom stereocenters. The molecule has 0 spiro atoms. The van der Waals surface area contributed by atoms with Gasteiger partial charge < -0.3 is 25.2 Å². The summed E-state index contributed by atoms with van der Waals surface area (Å²) in [4.78, 5) is 25.3. The highest BCUT2D eigenvalue weighted by Gasteiger charge is 2.31. The van der Waals surface area contributed by atoms with Crippen molar-refractivity contribution in [3.63, 3.8) is 0 Å². The van der Waals surface area contributed by atoms with Gasteiger partial charge >= 0.3 is 0 Å². The predicted molar refractivity (Wildman–Crippen MR) is 78.7 cm³/mol. The average Bonchev–Trinajstić information content (AvgIpc) is 2.95. The van der Waals surface area contributed by atoms with Crippen LogP contribution >= 0.6 is 0 Å². The van der Waals surface area contributed by atoms with Crippen LogP contribution in [0.25, 0.3) is 0 Å². The Balaban J connectivity index is 1.88. The van der Waals surface area contributed by atoms with Crippen LogP contribution in [0.15, 0.2) is 18.2 Å². The summed E-state index contributed by atoms with van der Waals surface area (Å²) < 4.78 is 5.61. The zero-order valence-electron chi connectivity index (χ0n) is 12.6. The van der Waals surface area contributed by atoms with E-state index in [4.69, 9.17) is 4.74 Å². The summed E-state index contributed by atoms with van der Waals surface area (Å²) in [6, 6.07) is 4.18. The normalized spacial score (nSPS) is 20.6. The number of likely N-dealkylation sites (N-methyl/N-ethyl adjacent to an activating group) is 1. The van der Waals surface area contributed by atoms with Gasteiger partial charge in [0.1, 0.15) is 6.10 Å². The van der Waals surface area contributed by atoms with Gasteiger partial charge in [-0.1, -0.05) is 6.07 Å². The van der Waals surface area contributed by atoms with Crippen molar-refractivity contribution in [3.8, 4) is 11.5 Å². The zero-order chi connectivity index (χ0) is 16.3. The van der Waals surface area contributed by atoms with E-state index in [1.165, 1.54) is 23.1 Å². The summed E-state index contributed by atoms with van der Waals surface area (Å²) in [5.74, 6) is -1.38. The number of hydrogen-bond acceptors (Lipinski definition) is 5. The Morgan fingerprint density at radius 3 is 2.73 bits per heavy atom. The second-order valence-corrected chi connectivity index (χ2v) is 5.44. The Labute approximate surface area is 128 Å². The lowest BCUT2D eigenvalue weighted by Crippen LogP contribution is -2.36. The number of ether oxygens (including phenoxy) is 1. The van der Waals surface area contributed by atoms with Crippen LogP contribution < -0.4 is 5.32 Å². The topological polar surface area (TPSA) is 99.1 Å². The maximum absolute atomic E-state index is 12.0. The smallest absolute Gasteiger partial charge is 0.255 e. The van der Waals surface area contributed by atoms with E-state index in [2.05, 4.69) is 5.32 Å². The number of rotatable bonds is 4. The van der Waals surface area contributed by atoms with Gasteiger partial charge in [-0.05, 0) is 25.0 Å². The summed E-state index contributed by atoms with van der Waals surface area (Å²) in [5, 5.41) is 21.7. The summed E-state index contributed by atoms with van der Waals surface area (Å²) in [7, 11) is 3.34. The fourth-order valence-electron chi connectivity index (χ4n) is 2.34. The van der Waals surface area contributed by atoms with Crippen molar-refractivity contribution < 1.29 is 24.5 Å². The fraction of sp³-hybridized carbons (Fsp3) is 0.467. The third-order valence-electron chi connectivity index (χ3n) is 3.57. The monoisotopic (exact) mass is 308 g/mol. The highest BCUT2D eigenvalue weighted by atomic mass is 16.5. The predicted octanol–water partition coefficient (Wildman–Crippen LogP) is 0.463. The van der Waals surface area contributed by atoms with Crippen molar-refractivity contribution in [1.82, 2.24) is 10.2 Å². The van der Waals surface area contributed by atoms with Crippen LogP contribution in [0.5, 0.6) is 11.5 Å². The zero-order valence-corrected chi connectivity index (χ0v) is 12.6. The molecule has 2 amide bonds. The molecule has 1 heterocycles. The number of nitrogens with zero attached hydrogens (tertiary/aromatic N) is 1. The first-order valence-electron chi connectivity index (χ1n) is 7.06. The van der Waals surface area contributed by atoms with Crippen molar-refractivity contribution in [3.05, 3.63) is 23.8 Å². The van der Waals surface area contributed by atoms with Crippen molar-refractivity contribution in [2.45, 2.75) is 25.0 Å². The highest BCUT2D eigenvalue weighted by molar-refractivity contribution is 5.97. The Morgan fingerprint density at radius 1 is 1.32 bits per heavy atom. The van der Waals surface area contributed by atoms with Gasteiger partial charge in [0.2, 0.25) is 0 Å². The van der Waals surface area contributed by atoms with Crippen LogP contribution in [0.4, 0.5) is 0 Å². The number of nitrogens with one attached hydrogen (secondary N) is 1. The lowest BCUT2D eigenvalue weighted by atomic mass is 10.1. The molecule has 1 fully saturated rings. The van der Waals surface area contributed by atoms with E-state index in [0.29, 0.717) is 12.8 Å². The van der Waals surface area contributed by atoms with E-state index in [1.54, 1.807) is 14.1 Å². The van der Waals surface area contributed by atoms with Crippen molar-refractivity contribution >= 4 is 11.8 Å². The largest absolute Gasteiger partial charge is 0.504 e. The average molecular weight is 308 g/mol. The van der Waals surface area contributed by atoms with Crippen molar-refractivity contribution in [1.29, 1.82) is 0 Å². The lowest BCUT2D eigenvalue weighted by molar-refractivity contribution is -0.140. The molecular formula is C15H20N2O5. The van der Waals surface area contributed by atoms with Gasteiger partial charge in [0.15, 0.2) is 11.5 Å². The van der Waals surface area contributed by atoms with E-state index >= 15 is 0 Å². The number of carbonyl (C=O) groups excluding carboxylic acids is 2. The molecule has 7 heteroatoms. The first-order valence-corrected chi connectivity index (χ1v) is 7.06. The molecule has 3 N–H and O–H groups in total. The Morgan fingerprint density at radius 2 is 2.05 bits per heavy atom. The van der Waals surface area contributed by atoms with Gasteiger partial charge in [-0.3, -0.25) is 9.59 Å². The third kappa shape index (κ3) is 3.48. The van der Waals surface area contributed by atoms with Crippen LogP contribution in [0, 0.1) is 0 Å². The molecule has 0 radical (unpaired) electrons. The minimum Gasteiger partial charge on any atom is -0.504 e. The number of phenolic OH excluding ortho intramolecular Hbond substituents is 2. The summed E-state index contributed by atoms with van der Waals surface area (Å²) in [5.41, 5.74) is -0.00100. The van der Waals surface area contributed by atoms with Gasteiger partial charge in [-0.25, -0.2) is 0 Å². The molecule has 22 heavy (non-hydrogen) atoms. The molecular weight excluding hydrogens is 288 g/mol. The second kappa shape index (κ2) is 6.65. The SMILES string of the molecule is CN(C)C(=O)[C@@H]1CC[C@H](CNC(=O)c2cccc(O)c2O)O1. The molecule has 0 aromatic heterocycles. The molecule has 2 rings (SSSR count). The molecule has 0 aliphatic carbocycles. The van der Waals surface area contributed by atoms with Crippen LogP contribution in [-0.2, 0) is 9.53 Å². The Kier molecular flexibility index (Phi) is 4.87. The molecule has 1 aromatic carbocycles. The highest BCUT2D eigenvalue weighted by Crippen LogP contribution is 2.28. The minimum absolute atomic E-state index is 0.00100. The van der Waals surface area contributed by atoms with Crippen molar-refractivity contribution in [2.24, 2.45) is 0 Å². The van der Waals surface area contributed by atoms with Gasteiger partial charge in [-0.15, -0.1) is 0 Å². The van der Waals surface area contributed by atoms with Crippen LogP contribution in [0.2, 0.25) is 0 Å². The van der Waals surface area contributed by atoms with Crippen LogP contribution in [-0.4, -0.2) is 59.8 Å². The van der Waals surface area contributed by atoms with Gasteiger partial charge in [-0.2, -0.15) is 0 Å². The van der Waals surface area contributed by atoms with E-state index in [1.807, 2.05) is 0 Å².